The predicted molar refractivity (Wildman–Crippen MR) is 135 cm³/mol. The molecule has 3 N–H and O–H groups in total. The van der Waals surface area contributed by atoms with Crippen molar-refractivity contribution in [1.82, 2.24) is 19.9 Å². The van der Waals surface area contributed by atoms with E-state index in [0.717, 1.165) is 5.56 Å². The Morgan fingerprint density at radius 1 is 1.13 bits per heavy atom. The van der Waals surface area contributed by atoms with E-state index in [1.165, 1.54) is 4.90 Å². The van der Waals surface area contributed by atoms with Crippen LogP contribution in [0.5, 0.6) is 0 Å². The molecule has 1 aromatic heterocycles. The fourth-order valence-electron chi connectivity index (χ4n) is 6.33. The summed E-state index contributed by atoms with van der Waals surface area (Å²) in [6.07, 6.45) is 0.788. The first-order valence-corrected chi connectivity index (χ1v) is 13.3. The summed E-state index contributed by atoms with van der Waals surface area (Å²) in [5.74, 6) is -2.44. The average Bonchev–Trinajstić information content (AvgIpc) is 3.51. The number of carbonyl (C=O) groups is 2. The molecule has 0 radical (unpaired) electrons. The molecule has 3 fully saturated rings. The molecule has 0 bridgehead atoms. The van der Waals surface area contributed by atoms with Gasteiger partial charge in [-0.15, -0.1) is 5.10 Å². The van der Waals surface area contributed by atoms with Crippen LogP contribution in [0.4, 0.5) is 0 Å². The average molecular weight is 526 g/mol. The second-order valence-electron chi connectivity index (χ2n) is 10.6. The van der Waals surface area contributed by atoms with Crippen molar-refractivity contribution in [1.29, 1.82) is 0 Å². The number of oxime groups is 1. The van der Waals surface area contributed by atoms with Crippen molar-refractivity contribution in [3.05, 3.63) is 47.8 Å². The summed E-state index contributed by atoms with van der Waals surface area (Å²) in [5.41, 5.74) is 2.19. The second kappa shape index (κ2) is 10.9. The Morgan fingerprint density at radius 3 is 2.58 bits per heavy atom. The number of fused-ring (bicyclic) bond motifs is 3. The zero-order valence-electron chi connectivity index (χ0n) is 21.6. The summed E-state index contributed by atoms with van der Waals surface area (Å²) < 4.78 is 1.62. The number of hydrogen-bond donors (Lipinski definition) is 3. The third-order valence-electron chi connectivity index (χ3n) is 8.36. The third-order valence-corrected chi connectivity index (χ3v) is 8.36. The number of nitrogens with zero attached hydrogens (tertiary/aromatic N) is 5. The lowest BCUT2D eigenvalue weighted by atomic mass is 9.60. The van der Waals surface area contributed by atoms with E-state index in [-0.39, 0.29) is 36.8 Å². The molecule has 11 nitrogen and oxygen atoms in total. The van der Waals surface area contributed by atoms with Crippen LogP contribution in [0.1, 0.15) is 56.5 Å². The molecule has 5 rings (SSSR count). The van der Waals surface area contributed by atoms with Gasteiger partial charge in [0.05, 0.1) is 48.6 Å². The number of carbonyl (C=O) groups excluding carboxylic acids is 2. The zero-order valence-corrected chi connectivity index (χ0v) is 21.6. The maximum atomic E-state index is 13.0. The fourth-order valence-corrected chi connectivity index (χ4v) is 6.33. The number of imide groups is 1. The lowest BCUT2D eigenvalue weighted by molar-refractivity contribution is -0.141. The van der Waals surface area contributed by atoms with Gasteiger partial charge in [-0.2, -0.15) is 0 Å². The molecule has 204 valence electrons. The Labute approximate surface area is 221 Å². The molecule has 1 aliphatic heterocycles. The number of rotatable bonds is 8. The minimum absolute atomic E-state index is 0.0998. The SMILES string of the molecule is CCN1C(=O)[C@H]2[C@H]3[C@H](O)[C@H](O)C/C(=N\O[C@@H](C)c4cn([C@H](CO)Cc5ccccc5)nn4)[C@@H]3CC[C@H]2C1=O. The van der Waals surface area contributed by atoms with Crippen LogP contribution in [0.2, 0.25) is 0 Å². The number of aliphatic hydroxyl groups excluding tert-OH is 3. The number of aliphatic hydroxyl groups is 3. The first-order chi connectivity index (χ1) is 18.3. The molecule has 2 aliphatic carbocycles. The van der Waals surface area contributed by atoms with Crippen molar-refractivity contribution >= 4 is 17.5 Å². The number of hydrogen-bond acceptors (Lipinski definition) is 9. The van der Waals surface area contributed by atoms with E-state index in [1.807, 2.05) is 30.3 Å². The molecule has 2 aromatic rings. The Hall–Kier alpha value is -3.15. The summed E-state index contributed by atoms with van der Waals surface area (Å²) in [6, 6.07) is 9.54. The van der Waals surface area contributed by atoms with Gasteiger partial charge in [0.25, 0.3) is 0 Å². The van der Waals surface area contributed by atoms with Gasteiger partial charge in [-0.1, -0.05) is 40.7 Å². The predicted octanol–water partition coefficient (Wildman–Crippen LogP) is 1.26. The van der Waals surface area contributed by atoms with Crippen molar-refractivity contribution < 1.29 is 29.7 Å². The molecular formula is C27H35N5O6. The highest BCUT2D eigenvalue weighted by Crippen LogP contribution is 2.49. The van der Waals surface area contributed by atoms with Gasteiger partial charge in [-0.25, -0.2) is 4.68 Å². The van der Waals surface area contributed by atoms with Crippen molar-refractivity contribution in [3.8, 4) is 0 Å². The van der Waals surface area contributed by atoms with Gasteiger partial charge >= 0.3 is 0 Å². The molecule has 11 heteroatoms. The highest BCUT2D eigenvalue weighted by molar-refractivity contribution is 6.06. The minimum Gasteiger partial charge on any atom is -0.394 e. The van der Waals surface area contributed by atoms with Crippen molar-refractivity contribution in [2.75, 3.05) is 13.2 Å². The molecule has 2 saturated carbocycles. The molecule has 1 saturated heterocycles. The van der Waals surface area contributed by atoms with Crippen LogP contribution >= 0.6 is 0 Å². The molecule has 2 amide bonds. The monoisotopic (exact) mass is 525 g/mol. The quantitative estimate of drug-likeness (QED) is 0.344. The van der Waals surface area contributed by atoms with Crippen LogP contribution in [0, 0.1) is 23.7 Å². The molecule has 0 spiro atoms. The number of benzene rings is 1. The first-order valence-electron chi connectivity index (χ1n) is 13.3. The minimum atomic E-state index is -1.11. The van der Waals surface area contributed by atoms with Crippen LogP contribution < -0.4 is 0 Å². The highest BCUT2D eigenvalue weighted by Gasteiger charge is 2.59. The van der Waals surface area contributed by atoms with Crippen molar-refractivity contribution in [2.24, 2.45) is 28.8 Å². The van der Waals surface area contributed by atoms with Gasteiger partial charge in [0.15, 0.2) is 6.10 Å². The van der Waals surface area contributed by atoms with Crippen LogP contribution in [0.3, 0.4) is 0 Å². The van der Waals surface area contributed by atoms with Gasteiger partial charge < -0.3 is 20.2 Å². The first kappa shape index (κ1) is 26.5. The number of aromatic nitrogens is 3. The Balaban J connectivity index is 1.30. The van der Waals surface area contributed by atoms with E-state index >= 15 is 0 Å². The van der Waals surface area contributed by atoms with Crippen LogP contribution in [0.25, 0.3) is 0 Å². The van der Waals surface area contributed by atoms with Gasteiger partial charge in [0, 0.05) is 24.8 Å². The zero-order chi connectivity index (χ0) is 27.0. The number of likely N-dealkylation sites (tertiary alicyclic amines) is 1. The van der Waals surface area contributed by atoms with Crippen LogP contribution in [-0.2, 0) is 20.8 Å². The maximum absolute atomic E-state index is 13.0. The van der Waals surface area contributed by atoms with E-state index in [4.69, 9.17) is 4.84 Å². The topological polar surface area (TPSA) is 150 Å². The second-order valence-corrected chi connectivity index (χ2v) is 10.6. The lowest BCUT2D eigenvalue weighted by Crippen LogP contribution is -2.54. The summed E-state index contributed by atoms with van der Waals surface area (Å²) in [7, 11) is 0. The normalized spacial score (nSPS) is 31.7. The molecular weight excluding hydrogens is 490 g/mol. The summed E-state index contributed by atoms with van der Waals surface area (Å²) in [5, 5.41) is 44.2. The van der Waals surface area contributed by atoms with Gasteiger partial charge in [-0.3, -0.25) is 14.5 Å². The smallest absolute Gasteiger partial charge is 0.233 e. The summed E-state index contributed by atoms with van der Waals surface area (Å²) in [4.78, 5) is 32.9. The maximum Gasteiger partial charge on any atom is 0.233 e. The van der Waals surface area contributed by atoms with E-state index < -0.39 is 36.1 Å². The summed E-state index contributed by atoms with van der Waals surface area (Å²) >= 11 is 0. The Bertz CT molecular complexity index is 1190. The third kappa shape index (κ3) is 4.74. The lowest BCUT2D eigenvalue weighted by Gasteiger charge is -2.45. The Kier molecular flexibility index (Phi) is 7.60. The highest BCUT2D eigenvalue weighted by atomic mass is 16.6. The van der Waals surface area contributed by atoms with Crippen LogP contribution in [0.15, 0.2) is 41.7 Å². The van der Waals surface area contributed by atoms with E-state index in [9.17, 15) is 24.9 Å². The van der Waals surface area contributed by atoms with Gasteiger partial charge in [-0.05, 0) is 38.7 Å². The van der Waals surface area contributed by atoms with Crippen LogP contribution in [-0.4, -0.2) is 78.1 Å². The summed E-state index contributed by atoms with van der Waals surface area (Å²) in [6.45, 7) is 3.74. The largest absolute Gasteiger partial charge is 0.394 e. The van der Waals surface area contributed by atoms with Crippen molar-refractivity contribution in [2.45, 2.75) is 63.9 Å². The molecule has 8 atom stereocenters. The Morgan fingerprint density at radius 2 is 1.87 bits per heavy atom. The molecule has 38 heavy (non-hydrogen) atoms. The number of amides is 2. The van der Waals surface area contributed by atoms with E-state index in [2.05, 4.69) is 15.5 Å². The van der Waals surface area contributed by atoms with Gasteiger partial charge in [0.2, 0.25) is 11.8 Å². The standard InChI is InChI=1S/C27H35N5O6/c1-3-31-26(36)19-10-9-18-20(12-22(34)25(35)23(18)24(19)27(31)37)29-38-15(2)21-13-32(30-28-21)17(14-33)11-16-7-5-4-6-8-16/h4-8,13,15,17-19,22-25,33-35H,3,9-12,14H2,1-2H3/b29-20+/t15-,17-,18-,19+,22+,23-,24+,25+/m0/s1. The molecule has 0 unspecified atom stereocenters. The molecule has 3 aliphatic rings. The van der Waals surface area contributed by atoms with E-state index in [0.29, 0.717) is 37.2 Å². The fraction of sp³-hybridized carbons (Fsp3) is 0.593. The molecule has 2 heterocycles. The molecule has 1 aromatic carbocycles. The van der Waals surface area contributed by atoms with Gasteiger partial charge in [0.1, 0.15) is 5.69 Å². The van der Waals surface area contributed by atoms with Crippen molar-refractivity contribution in [3.63, 3.8) is 0 Å². The van der Waals surface area contributed by atoms with E-state index in [1.54, 1.807) is 24.7 Å².